The number of likely N-dealkylation sites (tertiary alicyclic amines) is 1. The molecule has 10 nitrogen and oxygen atoms in total. The zero-order chi connectivity index (χ0) is 22.9. The van der Waals surface area contributed by atoms with E-state index in [0.29, 0.717) is 25.2 Å². The number of hydrogen-bond donors (Lipinski definition) is 2. The molecular formula is C22H25N7O3. The summed E-state index contributed by atoms with van der Waals surface area (Å²) in [5.74, 6) is -1.01. The Hall–Kier alpha value is -3.74. The van der Waals surface area contributed by atoms with Crippen molar-refractivity contribution in [2.24, 2.45) is 5.41 Å². The van der Waals surface area contributed by atoms with Gasteiger partial charge in [0.15, 0.2) is 0 Å². The number of carbonyl (C=O) groups is 3. The molecule has 2 unspecified atom stereocenters. The lowest BCUT2D eigenvalue weighted by molar-refractivity contribution is -0.139. The first-order chi connectivity index (χ1) is 15.3. The van der Waals surface area contributed by atoms with Crippen molar-refractivity contribution in [3.63, 3.8) is 0 Å². The fourth-order valence-electron chi connectivity index (χ4n) is 3.84. The highest BCUT2D eigenvalue weighted by molar-refractivity contribution is 6.04. The number of amides is 3. The Labute approximate surface area is 185 Å². The summed E-state index contributed by atoms with van der Waals surface area (Å²) in [6, 6.07) is 9.47. The molecule has 10 heteroatoms. The van der Waals surface area contributed by atoms with Crippen LogP contribution in [0.15, 0.2) is 30.5 Å². The van der Waals surface area contributed by atoms with Crippen molar-refractivity contribution in [2.75, 3.05) is 18.4 Å². The molecule has 2 aliphatic rings. The summed E-state index contributed by atoms with van der Waals surface area (Å²) in [6.07, 6.45) is 2.30. The molecule has 1 aromatic heterocycles. The molecule has 4 rings (SSSR count). The second-order valence-corrected chi connectivity index (χ2v) is 8.46. The maximum atomic E-state index is 12.7. The van der Waals surface area contributed by atoms with Crippen molar-refractivity contribution >= 4 is 23.4 Å². The van der Waals surface area contributed by atoms with Gasteiger partial charge in [-0.25, -0.2) is 4.68 Å². The summed E-state index contributed by atoms with van der Waals surface area (Å²) >= 11 is 0. The van der Waals surface area contributed by atoms with E-state index in [9.17, 15) is 19.6 Å². The van der Waals surface area contributed by atoms with Crippen molar-refractivity contribution in [1.82, 2.24) is 25.2 Å². The van der Waals surface area contributed by atoms with Crippen LogP contribution in [0.1, 0.15) is 49.9 Å². The third kappa shape index (κ3) is 3.93. The van der Waals surface area contributed by atoms with Crippen LogP contribution in [-0.2, 0) is 20.9 Å². The van der Waals surface area contributed by atoms with Gasteiger partial charge in [0, 0.05) is 25.2 Å². The summed E-state index contributed by atoms with van der Waals surface area (Å²) in [4.78, 5) is 38.8. The lowest BCUT2D eigenvalue weighted by atomic mass is 9.88. The molecule has 0 bridgehead atoms. The van der Waals surface area contributed by atoms with Crippen molar-refractivity contribution in [3.05, 3.63) is 41.7 Å². The molecule has 2 atom stereocenters. The highest BCUT2D eigenvalue weighted by Gasteiger charge is 2.38. The molecule has 0 radical (unpaired) electrons. The minimum Gasteiger partial charge on any atom is -0.349 e. The smallest absolute Gasteiger partial charge is 0.240 e. The number of nitrogens with zero attached hydrogens (tertiary/aromatic N) is 5. The van der Waals surface area contributed by atoms with Gasteiger partial charge in [-0.2, -0.15) is 5.26 Å². The lowest BCUT2D eigenvalue weighted by Crippen LogP contribution is -2.51. The summed E-state index contributed by atoms with van der Waals surface area (Å²) in [7, 11) is 0. The third-order valence-corrected chi connectivity index (χ3v) is 6.32. The summed E-state index contributed by atoms with van der Waals surface area (Å²) in [6.45, 7) is 4.56. The van der Waals surface area contributed by atoms with Crippen molar-refractivity contribution in [3.8, 4) is 6.07 Å². The van der Waals surface area contributed by atoms with Crippen LogP contribution in [0.4, 0.5) is 5.69 Å². The molecule has 3 amide bonds. The van der Waals surface area contributed by atoms with E-state index in [1.807, 2.05) is 30.3 Å². The van der Waals surface area contributed by atoms with Crippen LogP contribution in [0, 0.1) is 16.7 Å². The SMILES string of the molecule is CCC(C)(C#N)C(=O)NCc1cn(C2CN(C(=O)CC3C(=O)Nc4ccccc43)C2)nn1. The minimum absolute atomic E-state index is 0.000563. The predicted octanol–water partition coefficient (Wildman–Crippen LogP) is 1.34. The number of nitriles is 1. The van der Waals surface area contributed by atoms with Gasteiger partial charge in [-0.05, 0) is 25.0 Å². The molecule has 2 aliphatic heterocycles. The average molecular weight is 435 g/mol. The minimum atomic E-state index is -1.07. The lowest BCUT2D eigenvalue weighted by Gasteiger charge is -2.39. The number of aromatic nitrogens is 3. The maximum absolute atomic E-state index is 12.7. The topological polar surface area (TPSA) is 133 Å². The quantitative estimate of drug-likeness (QED) is 0.674. The third-order valence-electron chi connectivity index (χ3n) is 6.32. The van der Waals surface area contributed by atoms with E-state index in [1.54, 1.807) is 29.6 Å². The molecule has 3 heterocycles. The number of rotatable bonds is 7. The molecule has 1 aromatic carbocycles. The largest absolute Gasteiger partial charge is 0.349 e. The van der Waals surface area contributed by atoms with Gasteiger partial charge in [0.2, 0.25) is 17.7 Å². The first kappa shape index (κ1) is 21.5. The van der Waals surface area contributed by atoms with E-state index in [1.165, 1.54) is 0 Å². The Bertz CT molecular complexity index is 1100. The van der Waals surface area contributed by atoms with Gasteiger partial charge in [0.1, 0.15) is 11.1 Å². The Morgan fingerprint density at radius 1 is 1.34 bits per heavy atom. The van der Waals surface area contributed by atoms with Gasteiger partial charge in [-0.3, -0.25) is 14.4 Å². The summed E-state index contributed by atoms with van der Waals surface area (Å²) in [5.41, 5.74) is 1.15. The number of fused-ring (bicyclic) bond motifs is 1. The van der Waals surface area contributed by atoms with Gasteiger partial charge in [0.05, 0.1) is 30.8 Å². The van der Waals surface area contributed by atoms with Crippen LogP contribution in [0.25, 0.3) is 0 Å². The normalized spacial score (nSPS) is 19.3. The van der Waals surface area contributed by atoms with Crippen molar-refractivity contribution < 1.29 is 14.4 Å². The fourth-order valence-corrected chi connectivity index (χ4v) is 3.84. The molecule has 1 fully saturated rings. The highest BCUT2D eigenvalue weighted by Crippen LogP contribution is 2.35. The standard InChI is InChI=1S/C22H25N7O3/c1-3-22(2,13-23)21(32)24-9-14-10-29(27-26-14)15-11-28(12-15)19(30)8-17-16-6-4-5-7-18(16)25-20(17)31/h4-7,10,15,17H,3,8-9,11-12H2,1-2H3,(H,24,32)(H,25,31). The van der Waals surface area contributed by atoms with E-state index in [0.717, 1.165) is 11.3 Å². The molecule has 0 saturated carbocycles. The Morgan fingerprint density at radius 3 is 2.81 bits per heavy atom. The number of hydrogen-bond acceptors (Lipinski definition) is 6. The first-order valence-electron chi connectivity index (χ1n) is 10.6. The molecule has 1 saturated heterocycles. The van der Waals surface area contributed by atoms with E-state index >= 15 is 0 Å². The second-order valence-electron chi connectivity index (χ2n) is 8.46. The van der Waals surface area contributed by atoms with E-state index in [2.05, 4.69) is 20.9 Å². The zero-order valence-corrected chi connectivity index (χ0v) is 18.0. The molecule has 166 valence electrons. The fraction of sp³-hybridized carbons (Fsp3) is 0.455. The van der Waals surface area contributed by atoms with Gasteiger partial charge in [-0.15, -0.1) is 5.10 Å². The first-order valence-corrected chi connectivity index (χ1v) is 10.6. The van der Waals surface area contributed by atoms with Crippen LogP contribution in [0.3, 0.4) is 0 Å². The van der Waals surface area contributed by atoms with Crippen LogP contribution in [0.2, 0.25) is 0 Å². The van der Waals surface area contributed by atoms with Crippen molar-refractivity contribution in [1.29, 1.82) is 5.26 Å². The number of para-hydroxylation sites is 1. The predicted molar refractivity (Wildman–Crippen MR) is 114 cm³/mol. The highest BCUT2D eigenvalue weighted by atomic mass is 16.2. The van der Waals surface area contributed by atoms with E-state index in [4.69, 9.17) is 0 Å². The molecule has 0 spiro atoms. The van der Waals surface area contributed by atoms with E-state index in [-0.39, 0.29) is 36.7 Å². The molecular weight excluding hydrogens is 410 g/mol. The second kappa shape index (κ2) is 8.42. The van der Waals surface area contributed by atoms with Crippen LogP contribution < -0.4 is 10.6 Å². The van der Waals surface area contributed by atoms with Crippen LogP contribution >= 0.6 is 0 Å². The summed E-state index contributed by atoms with van der Waals surface area (Å²) in [5, 5.41) is 22.9. The molecule has 0 aliphatic carbocycles. The van der Waals surface area contributed by atoms with Gasteiger partial charge in [-0.1, -0.05) is 30.3 Å². The number of carbonyl (C=O) groups excluding carboxylic acids is 3. The number of anilines is 1. The maximum Gasteiger partial charge on any atom is 0.240 e. The summed E-state index contributed by atoms with van der Waals surface area (Å²) < 4.78 is 1.69. The molecule has 32 heavy (non-hydrogen) atoms. The van der Waals surface area contributed by atoms with Crippen LogP contribution in [-0.4, -0.2) is 50.7 Å². The van der Waals surface area contributed by atoms with Gasteiger partial charge < -0.3 is 15.5 Å². The number of benzene rings is 1. The number of nitrogens with one attached hydrogen (secondary N) is 2. The van der Waals surface area contributed by atoms with E-state index < -0.39 is 11.3 Å². The molecule has 2 N–H and O–H groups in total. The van der Waals surface area contributed by atoms with Gasteiger partial charge in [0.25, 0.3) is 0 Å². The average Bonchev–Trinajstić information content (AvgIpc) is 3.35. The Balaban J connectivity index is 1.28. The molecule has 2 aromatic rings. The zero-order valence-electron chi connectivity index (χ0n) is 18.0. The Morgan fingerprint density at radius 2 is 2.09 bits per heavy atom. The Kier molecular flexibility index (Phi) is 5.65. The van der Waals surface area contributed by atoms with Crippen LogP contribution in [0.5, 0.6) is 0 Å². The van der Waals surface area contributed by atoms with Gasteiger partial charge >= 0.3 is 0 Å². The monoisotopic (exact) mass is 435 g/mol. The van der Waals surface area contributed by atoms with Crippen molar-refractivity contribution in [2.45, 2.75) is 45.2 Å².